The maximum atomic E-state index is 12.5. The highest BCUT2D eigenvalue weighted by molar-refractivity contribution is 9.10. The molecule has 0 aliphatic heterocycles. The third kappa shape index (κ3) is 5.63. The van der Waals surface area contributed by atoms with Crippen LogP contribution >= 0.6 is 15.9 Å². The maximum absolute atomic E-state index is 12.5. The van der Waals surface area contributed by atoms with Gasteiger partial charge in [-0.15, -0.1) is 0 Å². The molecule has 1 amide bonds. The number of halogens is 1. The first-order valence-electron chi connectivity index (χ1n) is 7.97. The van der Waals surface area contributed by atoms with Crippen molar-refractivity contribution < 1.29 is 17.9 Å². The molecule has 2 aromatic rings. The van der Waals surface area contributed by atoms with E-state index in [4.69, 9.17) is 9.88 Å². The largest absolute Gasteiger partial charge is 0.374 e. The van der Waals surface area contributed by atoms with Crippen molar-refractivity contribution in [2.75, 3.05) is 0 Å². The molecule has 140 valence electrons. The van der Waals surface area contributed by atoms with Crippen LogP contribution in [-0.2, 0) is 27.9 Å². The lowest BCUT2D eigenvalue weighted by molar-refractivity contribution is 0.0651. The van der Waals surface area contributed by atoms with Crippen molar-refractivity contribution in [1.82, 2.24) is 5.32 Å². The summed E-state index contributed by atoms with van der Waals surface area (Å²) in [7, 11) is -3.88. The Kier molecular flexibility index (Phi) is 6.94. The number of nitrogens with two attached hydrogens (primary N) is 1. The van der Waals surface area contributed by atoms with Crippen LogP contribution < -0.4 is 10.5 Å². The van der Waals surface area contributed by atoms with Crippen LogP contribution in [0.4, 0.5) is 0 Å². The number of benzene rings is 2. The lowest BCUT2D eigenvalue weighted by atomic mass is 10.1. The third-order valence-corrected chi connectivity index (χ3v) is 5.24. The fourth-order valence-corrected chi connectivity index (χ4v) is 3.22. The minimum atomic E-state index is -3.88. The van der Waals surface area contributed by atoms with E-state index in [1.807, 2.05) is 38.1 Å². The van der Waals surface area contributed by atoms with Gasteiger partial charge >= 0.3 is 0 Å². The van der Waals surface area contributed by atoms with E-state index < -0.39 is 15.9 Å². The first-order chi connectivity index (χ1) is 12.2. The maximum Gasteiger partial charge on any atom is 0.252 e. The average Bonchev–Trinajstić information content (AvgIpc) is 2.57. The summed E-state index contributed by atoms with van der Waals surface area (Å²) in [5.41, 5.74) is 2.12. The van der Waals surface area contributed by atoms with E-state index in [0.29, 0.717) is 17.6 Å². The van der Waals surface area contributed by atoms with Gasteiger partial charge in [0.05, 0.1) is 23.2 Å². The number of rotatable bonds is 7. The van der Waals surface area contributed by atoms with E-state index in [0.717, 1.165) is 11.1 Å². The zero-order chi connectivity index (χ0) is 19.3. The summed E-state index contributed by atoms with van der Waals surface area (Å²) < 4.78 is 29.1. The van der Waals surface area contributed by atoms with E-state index in [2.05, 4.69) is 21.2 Å². The smallest absolute Gasteiger partial charge is 0.252 e. The van der Waals surface area contributed by atoms with Crippen molar-refractivity contribution >= 4 is 31.9 Å². The number of nitrogens with one attached hydrogen (secondary N) is 1. The Bertz CT molecular complexity index is 898. The molecule has 6 nitrogen and oxygen atoms in total. The van der Waals surface area contributed by atoms with Crippen LogP contribution in [0.25, 0.3) is 0 Å². The number of carbonyl (C=O) groups excluding carboxylic acids is 1. The Labute approximate surface area is 161 Å². The number of hydrogen-bond acceptors (Lipinski definition) is 4. The fraction of sp³-hybridized carbons (Fsp3) is 0.278. The second-order valence-corrected chi connectivity index (χ2v) is 8.41. The van der Waals surface area contributed by atoms with Gasteiger partial charge in [0.1, 0.15) is 0 Å². The Balaban J connectivity index is 2.15. The second kappa shape index (κ2) is 8.77. The van der Waals surface area contributed by atoms with E-state index in [1.165, 1.54) is 18.2 Å². The van der Waals surface area contributed by atoms with E-state index >= 15 is 0 Å². The van der Waals surface area contributed by atoms with Crippen molar-refractivity contribution in [2.45, 2.75) is 38.0 Å². The molecule has 2 aromatic carbocycles. The lowest BCUT2D eigenvalue weighted by Gasteiger charge is -2.13. The van der Waals surface area contributed by atoms with Crippen molar-refractivity contribution in [2.24, 2.45) is 5.14 Å². The number of hydrogen-bond donors (Lipinski definition) is 2. The summed E-state index contributed by atoms with van der Waals surface area (Å²) in [5, 5.41) is 7.93. The number of sulfonamides is 1. The second-order valence-electron chi connectivity index (χ2n) is 6.00. The summed E-state index contributed by atoms with van der Waals surface area (Å²) in [6, 6.07) is 11.7. The normalized spacial score (nSPS) is 11.6. The van der Waals surface area contributed by atoms with Crippen molar-refractivity contribution in [3.63, 3.8) is 0 Å². The highest BCUT2D eigenvalue weighted by Gasteiger charge is 2.16. The molecule has 0 radical (unpaired) electrons. The van der Waals surface area contributed by atoms with Crippen LogP contribution in [0.2, 0.25) is 0 Å². The van der Waals surface area contributed by atoms with Crippen LogP contribution in [0.5, 0.6) is 0 Å². The van der Waals surface area contributed by atoms with Gasteiger partial charge in [-0.2, -0.15) is 0 Å². The van der Waals surface area contributed by atoms with Gasteiger partial charge in [-0.1, -0.05) is 24.3 Å². The van der Waals surface area contributed by atoms with Gasteiger partial charge in [0.15, 0.2) is 0 Å². The van der Waals surface area contributed by atoms with Gasteiger partial charge in [-0.25, -0.2) is 13.6 Å². The monoisotopic (exact) mass is 440 g/mol. The zero-order valence-corrected chi connectivity index (χ0v) is 16.9. The molecule has 0 saturated carbocycles. The van der Waals surface area contributed by atoms with Crippen molar-refractivity contribution in [3.8, 4) is 0 Å². The summed E-state index contributed by atoms with van der Waals surface area (Å²) in [4.78, 5) is 12.4. The van der Waals surface area contributed by atoms with Crippen LogP contribution in [0.3, 0.4) is 0 Å². The topological polar surface area (TPSA) is 98.5 Å². The summed E-state index contributed by atoms with van der Waals surface area (Å²) >= 11 is 3.26. The Morgan fingerprint density at radius 1 is 1.19 bits per heavy atom. The van der Waals surface area contributed by atoms with Gasteiger partial charge < -0.3 is 10.1 Å². The SMILES string of the molecule is CC(C)OCc1ccccc1CNC(=O)c1cc(S(N)(=O)=O)ccc1Br. The molecule has 0 saturated heterocycles. The third-order valence-electron chi connectivity index (χ3n) is 3.64. The molecular formula is C18H21BrN2O4S. The number of ether oxygens (including phenoxy) is 1. The number of primary sulfonamides is 1. The highest BCUT2D eigenvalue weighted by atomic mass is 79.9. The predicted molar refractivity (Wildman–Crippen MR) is 103 cm³/mol. The van der Waals surface area contributed by atoms with Crippen molar-refractivity contribution in [3.05, 3.63) is 63.6 Å². The molecular weight excluding hydrogens is 420 g/mol. The summed E-state index contributed by atoms with van der Waals surface area (Å²) in [6.45, 7) is 4.66. The van der Waals surface area contributed by atoms with E-state index in [-0.39, 0.29) is 16.6 Å². The molecule has 0 atom stereocenters. The molecule has 26 heavy (non-hydrogen) atoms. The first kappa shape index (κ1) is 20.6. The van der Waals surface area contributed by atoms with Gasteiger partial charge in [-0.3, -0.25) is 4.79 Å². The standard InChI is InChI=1S/C18H21BrN2O4S/c1-12(2)25-11-14-6-4-3-5-13(14)10-21-18(22)16-9-15(26(20,23)24)7-8-17(16)19/h3-9,12H,10-11H2,1-2H3,(H,21,22)(H2,20,23,24). The summed E-state index contributed by atoms with van der Waals surface area (Å²) in [6.07, 6.45) is 0.106. The van der Waals surface area contributed by atoms with Crippen molar-refractivity contribution in [1.29, 1.82) is 0 Å². The molecule has 8 heteroatoms. The minimum Gasteiger partial charge on any atom is -0.374 e. The zero-order valence-electron chi connectivity index (χ0n) is 14.5. The molecule has 3 N–H and O–H groups in total. The van der Waals surface area contributed by atoms with Gasteiger partial charge in [0.25, 0.3) is 5.91 Å². The molecule has 0 bridgehead atoms. The molecule has 0 aliphatic rings. The van der Waals surface area contributed by atoms with Gasteiger partial charge in [0, 0.05) is 11.0 Å². The highest BCUT2D eigenvalue weighted by Crippen LogP contribution is 2.21. The Morgan fingerprint density at radius 2 is 1.85 bits per heavy atom. The van der Waals surface area contributed by atoms with Crippen LogP contribution in [0, 0.1) is 0 Å². The molecule has 0 aliphatic carbocycles. The van der Waals surface area contributed by atoms with Crippen LogP contribution in [-0.4, -0.2) is 20.4 Å². The predicted octanol–water partition coefficient (Wildman–Crippen LogP) is 2.95. The summed E-state index contributed by atoms with van der Waals surface area (Å²) in [5.74, 6) is -0.401. The van der Waals surface area contributed by atoms with E-state index in [9.17, 15) is 13.2 Å². The van der Waals surface area contributed by atoms with E-state index in [1.54, 1.807) is 0 Å². The first-order valence-corrected chi connectivity index (χ1v) is 10.3. The number of carbonyl (C=O) groups is 1. The minimum absolute atomic E-state index is 0.106. The Hall–Kier alpha value is -1.74. The quantitative estimate of drug-likeness (QED) is 0.690. The average molecular weight is 441 g/mol. The molecule has 0 unspecified atom stereocenters. The fourth-order valence-electron chi connectivity index (χ4n) is 2.25. The van der Waals surface area contributed by atoms with Gasteiger partial charge in [0.2, 0.25) is 10.0 Å². The lowest BCUT2D eigenvalue weighted by Crippen LogP contribution is -2.24. The number of amides is 1. The molecule has 0 aromatic heterocycles. The Morgan fingerprint density at radius 3 is 2.46 bits per heavy atom. The molecule has 0 spiro atoms. The molecule has 0 heterocycles. The van der Waals surface area contributed by atoms with Gasteiger partial charge in [-0.05, 0) is 59.1 Å². The van der Waals surface area contributed by atoms with Crippen LogP contribution in [0.1, 0.15) is 35.3 Å². The van der Waals surface area contributed by atoms with Crippen LogP contribution in [0.15, 0.2) is 51.8 Å². The molecule has 2 rings (SSSR count). The molecule has 0 fully saturated rings.